The summed E-state index contributed by atoms with van der Waals surface area (Å²) < 4.78 is 0. The summed E-state index contributed by atoms with van der Waals surface area (Å²) >= 11 is 0. The monoisotopic (exact) mass is 318 g/mol. The molecule has 0 fully saturated rings. The van der Waals surface area contributed by atoms with E-state index in [-0.39, 0.29) is 11.3 Å². The maximum absolute atomic E-state index is 11.3. The third kappa shape index (κ3) is 3.46. The van der Waals surface area contributed by atoms with E-state index < -0.39 is 5.97 Å². The number of phenolic OH excluding ortho intramolecular Hbond substituents is 1. The quantitative estimate of drug-likeness (QED) is 0.736. The van der Waals surface area contributed by atoms with Gasteiger partial charge in [-0.25, -0.2) is 4.79 Å². The molecule has 0 saturated carbocycles. The van der Waals surface area contributed by atoms with Crippen LogP contribution in [0.5, 0.6) is 5.75 Å². The fraction of sp³-hybridized carbons (Fsp3) is 0.0952. The molecule has 0 spiro atoms. The average Bonchev–Trinajstić information content (AvgIpc) is 2.58. The van der Waals surface area contributed by atoms with E-state index in [2.05, 4.69) is 24.3 Å². The van der Waals surface area contributed by atoms with Gasteiger partial charge in [-0.2, -0.15) is 0 Å². The van der Waals surface area contributed by atoms with Gasteiger partial charge in [-0.3, -0.25) is 0 Å². The molecule has 3 aromatic rings. The second-order valence-corrected chi connectivity index (χ2v) is 5.89. The van der Waals surface area contributed by atoms with Crippen LogP contribution >= 0.6 is 0 Å². The Labute approximate surface area is 140 Å². The van der Waals surface area contributed by atoms with Gasteiger partial charge in [-0.05, 0) is 59.9 Å². The molecule has 120 valence electrons. The Morgan fingerprint density at radius 2 is 1.58 bits per heavy atom. The van der Waals surface area contributed by atoms with Crippen LogP contribution in [0.4, 0.5) is 0 Å². The van der Waals surface area contributed by atoms with Crippen LogP contribution in [0.15, 0.2) is 66.7 Å². The van der Waals surface area contributed by atoms with Gasteiger partial charge in [0.1, 0.15) is 5.75 Å². The maximum atomic E-state index is 11.3. The number of aryl methyl sites for hydroxylation is 1. The SMILES string of the molecule is Cc1ccc(Cc2cc(C(=O)O)ccc2-c2ccc(O)cc2)cc1. The molecule has 0 unspecified atom stereocenters. The van der Waals surface area contributed by atoms with Crippen molar-refractivity contribution >= 4 is 5.97 Å². The van der Waals surface area contributed by atoms with Crippen molar-refractivity contribution < 1.29 is 15.0 Å². The van der Waals surface area contributed by atoms with Gasteiger partial charge in [0.2, 0.25) is 0 Å². The van der Waals surface area contributed by atoms with Gasteiger partial charge in [0, 0.05) is 0 Å². The molecular formula is C21H18O3. The highest BCUT2D eigenvalue weighted by Gasteiger charge is 2.11. The van der Waals surface area contributed by atoms with Gasteiger partial charge in [-0.1, -0.05) is 48.0 Å². The van der Waals surface area contributed by atoms with Crippen LogP contribution in [0.3, 0.4) is 0 Å². The summed E-state index contributed by atoms with van der Waals surface area (Å²) in [5, 5.41) is 18.7. The van der Waals surface area contributed by atoms with Crippen molar-refractivity contribution in [3.05, 3.63) is 89.0 Å². The first-order valence-electron chi connectivity index (χ1n) is 7.74. The summed E-state index contributed by atoms with van der Waals surface area (Å²) in [6.07, 6.45) is 0.650. The number of phenols is 1. The van der Waals surface area contributed by atoms with Gasteiger partial charge in [-0.15, -0.1) is 0 Å². The highest BCUT2D eigenvalue weighted by atomic mass is 16.4. The second-order valence-electron chi connectivity index (χ2n) is 5.89. The van der Waals surface area contributed by atoms with Crippen molar-refractivity contribution in [2.24, 2.45) is 0 Å². The molecule has 0 aliphatic heterocycles. The number of aromatic hydroxyl groups is 1. The molecule has 24 heavy (non-hydrogen) atoms. The zero-order valence-corrected chi connectivity index (χ0v) is 13.4. The van der Waals surface area contributed by atoms with E-state index >= 15 is 0 Å². The minimum atomic E-state index is -0.933. The lowest BCUT2D eigenvalue weighted by Gasteiger charge is -2.12. The standard InChI is InChI=1S/C21H18O3/c1-14-2-4-15(5-3-14)12-18-13-17(21(23)24)8-11-20(18)16-6-9-19(22)10-7-16/h2-11,13,22H,12H2,1H3,(H,23,24). The topological polar surface area (TPSA) is 57.5 Å². The molecule has 2 N–H and O–H groups in total. The predicted molar refractivity (Wildman–Crippen MR) is 94.5 cm³/mol. The molecule has 0 aliphatic rings. The van der Waals surface area contributed by atoms with Gasteiger partial charge in [0.05, 0.1) is 5.56 Å². The Morgan fingerprint density at radius 3 is 2.21 bits per heavy atom. The molecule has 0 aromatic heterocycles. The van der Waals surface area contributed by atoms with E-state index in [1.54, 1.807) is 24.3 Å². The molecule has 3 heteroatoms. The van der Waals surface area contributed by atoms with Crippen LogP contribution in [-0.4, -0.2) is 16.2 Å². The first-order chi connectivity index (χ1) is 11.5. The van der Waals surface area contributed by atoms with Crippen LogP contribution in [0, 0.1) is 6.92 Å². The summed E-state index contributed by atoms with van der Waals surface area (Å²) in [5.74, 6) is -0.724. The Balaban J connectivity index is 2.05. The number of benzene rings is 3. The number of aromatic carboxylic acids is 1. The van der Waals surface area contributed by atoms with Gasteiger partial charge in [0.25, 0.3) is 0 Å². The number of carboxylic acids is 1. The van der Waals surface area contributed by atoms with E-state index in [4.69, 9.17) is 0 Å². The summed E-state index contributed by atoms with van der Waals surface area (Å²) in [6, 6.07) is 20.3. The number of rotatable bonds is 4. The van der Waals surface area contributed by atoms with E-state index in [0.29, 0.717) is 6.42 Å². The Morgan fingerprint density at radius 1 is 0.917 bits per heavy atom. The van der Waals surface area contributed by atoms with Crippen molar-refractivity contribution in [3.8, 4) is 16.9 Å². The van der Waals surface area contributed by atoms with E-state index in [9.17, 15) is 15.0 Å². The molecule has 0 aliphatic carbocycles. The largest absolute Gasteiger partial charge is 0.508 e. The fourth-order valence-electron chi connectivity index (χ4n) is 2.72. The van der Waals surface area contributed by atoms with Crippen molar-refractivity contribution in [2.45, 2.75) is 13.3 Å². The highest BCUT2D eigenvalue weighted by Crippen LogP contribution is 2.28. The van der Waals surface area contributed by atoms with Gasteiger partial charge in [0.15, 0.2) is 0 Å². The minimum Gasteiger partial charge on any atom is -0.508 e. The molecule has 0 bridgehead atoms. The number of hydrogen-bond donors (Lipinski definition) is 2. The molecule has 0 heterocycles. The van der Waals surface area contributed by atoms with Crippen LogP contribution in [0.2, 0.25) is 0 Å². The van der Waals surface area contributed by atoms with Crippen LogP contribution in [-0.2, 0) is 6.42 Å². The molecular weight excluding hydrogens is 300 g/mol. The van der Waals surface area contributed by atoms with E-state index in [1.165, 1.54) is 5.56 Å². The first kappa shape index (κ1) is 15.8. The van der Waals surface area contributed by atoms with Crippen LogP contribution < -0.4 is 0 Å². The third-order valence-electron chi connectivity index (χ3n) is 4.05. The Hall–Kier alpha value is -3.07. The minimum absolute atomic E-state index is 0.209. The smallest absolute Gasteiger partial charge is 0.335 e. The van der Waals surface area contributed by atoms with Crippen molar-refractivity contribution in [1.82, 2.24) is 0 Å². The zero-order chi connectivity index (χ0) is 17.1. The molecule has 0 saturated heterocycles. The van der Waals surface area contributed by atoms with Crippen molar-refractivity contribution in [3.63, 3.8) is 0 Å². The molecule has 3 nitrogen and oxygen atoms in total. The van der Waals surface area contributed by atoms with E-state index in [0.717, 1.165) is 22.3 Å². The van der Waals surface area contributed by atoms with Crippen LogP contribution in [0.1, 0.15) is 27.0 Å². The second kappa shape index (κ2) is 6.59. The van der Waals surface area contributed by atoms with Gasteiger partial charge >= 0.3 is 5.97 Å². The highest BCUT2D eigenvalue weighted by molar-refractivity contribution is 5.89. The predicted octanol–water partition coefficient (Wildman–Crippen LogP) is 4.66. The summed E-state index contributed by atoms with van der Waals surface area (Å²) in [7, 11) is 0. The summed E-state index contributed by atoms with van der Waals surface area (Å²) in [4.78, 5) is 11.3. The average molecular weight is 318 g/mol. The zero-order valence-electron chi connectivity index (χ0n) is 13.4. The molecule has 3 rings (SSSR count). The van der Waals surface area contributed by atoms with Crippen molar-refractivity contribution in [2.75, 3.05) is 0 Å². The third-order valence-corrected chi connectivity index (χ3v) is 4.05. The lowest BCUT2D eigenvalue weighted by Crippen LogP contribution is -2.00. The van der Waals surface area contributed by atoms with Crippen molar-refractivity contribution in [1.29, 1.82) is 0 Å². The lowest BCUT2D eigenvalue weighted by atomic mass is 9.93. The Bertz CT molecular complexity index is 863. The maximum Gasteiger partial charge on any atom is 0.335 e. The molecule has 0 amide bonds. The molecule has 0 atom stereocenters. The van der Waals surface area contributed by atoms with Gasteiger partial charge < -0.3 is 10.2 Å². The Kier molecular flexibility index (Phi) is 4.34. The fourth-order valence-corrected chi connectivity index (χ4v) is 2.72. The molecule has 3 aromatic carbocycles. The van der Waals surface area contributed by atoms with E-state index in [1.807, 2.05) is 25.1 Å². The van der Waals surface area contributed by atoms with Crippen LogP contribution in [0.25, 0.3) is 11.1 Å². The normalized spacial score (nSPS) is 10.5. The lowest BCUT2D eigenvalue weighted by molar-refractivity contribution is 0.0697. The number of hydrogen-bond acceptors (Lipinski definition) is 2. The number of carboxylic acid groups (broad SMARTS) is 1. The summed E-state index contributed by atoms with van der Waals surface area (Å²) in [6.45, 7) is 2.04. The number of carbonyl (C=O) groups is 1. The first-order valence-corrected chi connectivity index (χ1v) is 7.74. The summed E-state index contributed by atoms with van der Waals surface area (Å²) in [5.41, 5.74) is 5.47. The molecule has 0 radical (unpaired) electrons.